The van der Waals surface area contributed by atoms with Gasteiger partial charge in [0.1, 0.15) is 0 Å². The summed E-state index contributed by atoms with van der Waals surface area (Å²) < 4.78 is 0. The number of rotatable bonds is 6. The quantitative estimate of drug-likeness (QED) is 0.823. The highest BCUT2D eigenvalue weighted by Crippen LogP contribution is 2.11. The molecule has 1 amide bonds. The molecule has 2 fully saturated rings. The van der Waals surface area contributed by atoms with Crippen molar-refractivity contribution in [3.63, 3.8) is 0 Å². The number of amides is 1. The predicted molar refractivity (Wildman–Crippen MR) is 101 cm³/mol. The molecule has 5 heteroatoms. The van der Waals surface area contributed by atoms with Crippen LogP contribution in [0, 0.1) is 0 Å². The van der Waals surface area contributed by atoms with E-state index in [0.717, 1.165) is 45.6 Å². The number of nitrogens with one attached hydrogen (secondary N) is 2. The maximum Gasteiger partial charge on any atom is 0.237 e. The van der Waals surface area contributed by atoms with Gasteiger partial charge < -0.3 is 15.5 Å². The predicted octanol–water partition coefficient (Wildman–Crippen LogP) is 1.58. The van der Waals surface area contributed by atoms with Crippen LogP contribution in [-0.4, -0.2) is 61.0 Å². The van der Waals surface area contributed by atoms with Crippen molar-refractivity contribution in [2.45, 2.75) is 45.3 Å². The lowest BCUT2D eigenvalue weighted by atomic mass is 10.0. The van der Waals surface area contributed by atoms with Gasteiger partial charge >= 0.3 is 0 Å². The molecule has 5 nitrogen and oxygen atoms in total. The number of hydrogen-bond donors (Lipinski definition) is 2. The van der Waals surface area contributed by atoms with Crippen molar-refractivity contribution >= 4 is 5.91 Å². The van der Waals surface area contributed by atoms with E-state index in [0.29, 0.717) is 6.54 Å². The average molecular weight is 345 g/mol. The van der Waals surface area contributed by atoms with Gasteiger partial charge in [0.15, 0.2) is 0 Å². The first kappa shape index (κ1) is 18.4. The highest BCUT2D eigenvalue weighted by atomic mass is 16.2. The van der Waals surface area contributed by atoms with Crippen molar-refractivity contribution in [1.29, 1.82) is 0 Å². The Labute approximate surface area is 151 Å². The molecule has 1 atom stereocenters. The van der Waals surface area contributed by atoms with Gasteiger partial charge in [-0.15, -0.1) is 0 Å². The summed E-state index contributed by atoms with van der Waals surface area (Å²) in [5, 5.41) is 6.36. The monoisotopic (exact) mass is 344 g/mol. The maximum absolute atomic E-state index is 12.2. The van der Waals surface area contributed by atoms with E-state index in [1.807, 2.05) is 0 Å². The Hall–Kier alpha value is -1.43. The third kappa shape index (κ3) is 5.53. The minimum Gasteiger partial charge on any atom is -0.351 e. The standard InChI is InChI=1S/C20H32N4O/c1-2-23-11-13-24(14-12-23)16-18-8-6-17(7-9-18)15-22-20(25)19-5-3-4-10-21-19/h6-9,19,21H,2-5,10-16H2,1H3,(H,22,25). The third-order valence-electron chi connectivity index (χ3n) is 5.43. The highest BCUT2D eigenvalue weighted by Gasteiger charge is 2.20. The number of hydrogen-bond acceptors (Lipinski definition) is 4. The van der Waals surface area contributed by atoms with Gasteiger partial charge in [0.25, 0.3) is 0 Å². The molecule has 2 aliphatic rings. The molecule has 2 saturated heterocycles. The van der Waals surface area contributed by atoms with Crippen LogP contribution < -0.4 is 10.6 Å². The first-order valence-corrected chi connectivity index (χ1v) is 9.78. The Kier molecular flexibility index (Phi) is 6.84. The third-order valence-corrected chi connectivity index (χ3v) is 5.43. The van der Waals surface area contributed by atoms with Crippen molar-refractivity contribution < 1.29 is 4.79 Å². The summed E-state index contributed by atoms with van der Waals surface area (Å²) >= 11 is 0. The number of likely N-dealkylation sites (N-methyl/N-ethyl adjacent to an activating group) is 1. The second-order valence-corrected chi connectivity index (χ2v) is 7.25. The molecule has 25 heavy (non-hydrogen) atoms. The fourth-order valence-electron chi connectivity index (χ4n) is 3.67. The summed E-state index contributed by atoms with van der Waals surface area (Å²) in [7, 11) is 0. The van der Waals surface area contributed by atoms with Gasteiger partial charge in [0.05, 0.1) is 6.04 Å². The number of piperazine rings is 1. The van der Waals surface area contributed by atoms with Gasteiger partial charge in [0.2, 0.25) is 5.91 Å². The second kappa shape index (κ2) is 9.32. The van der Waals surface area contributed by atoms with E-state index in [9.17, 15) is 4.79 Å². The molecule has 2 aliphatic heterocycles. The molecule has 138 valence electrons. The van der Waals surface area contributed by atoms with Crippen LogP contribution in [0.3, 0.4) is 0 Å². The summed E-state index contributed by atoms with van der Waals surface area (Å²) in [6, 6.07) is 8.69. The minimum absolute atomic E-state index is 0.00480. The van der Waals surface area contributed by atoms with Crippen molar-refractivity contribution in [3.05, 3.63) is 35.4 Å². The van der Waals surface area contributed by atoms with Crippen LogP contribution in [0.1, 0.15) is 37.3 Å². The molecule has 1 unspecified atom stereocenters. The Morgan fingerprint density at radius 3 is 2.40 bits per heavy atom. The van der Waals surface area contributed by atoms with Gasteiger partial charge in [-0.1, -0.05) is 37.6 Å². The van der Waals surface area contributed by atoms with Crippen LogP contribution in [0.25, 0.3) is 0 Å². The van der Waals surface area contributed by atoms with Gasteiger partial charge in [-0.25, -0.2) is 0 Å². The van der Waals surface area contributed by atoms with Crippen LogP contribution in [0.4, 0.5) is 0 Å². The van der Waals surface area contributed by atoms with Gasteiger partial charge in [-0.2, -0.15) is 0 Å². The lowest BCUT2D eigenvalue weighted by molar-refractivity contribution is -0.123. The molecule has 0 saturated carbocycles. The van der Waals surface area contributed by atoms with Gasteiger partial charge in [-0.3, -0.25) is 9.69 Å². The van der Waals surface area contributed by atoms with Crippen LogP contribution in [-0.2, 0) is 17.9 Å². The first-order chi connectivity index (χ1) is 12.2. The van der Waals surface area contributed by atoms with Crippen molar-refractivity contribution in [3.8, 4) is 0 Å². The lowest BCUT2D eigenvalue weighted by Gasteiger charge is -2.34. The fraction of sp³-hybridized carbons (Fsp3) is 0.650. The highest BCUT2D eigenvalue weighted by molar-refractivity contribution is 5.81. The second-order valence-electron chi connectivity index (χ2n) is 7.25. The first-order valence-electron chi connectivity index (χ1n) is 9.78. The van der Waals surface area contributed by atoms with Crippen molar-refractivity contribution in [2.75, 3.05) is 39.3 Å². The van der Waals surface area contributed by atoms with E-state index < -0.39 is 0 Å². The van der Waals surface area contributed by atoms with Crippen LogP contribution in [0.15, 0.2) is 24.3 Å². The van der Waals surface area contributed by atoms with E-state index in [1.165, 1.54) is 30.6 Å². The lowest BCUT2D eigenvalue weighted by Crippen LogP contribution is -2.46. The van der Waals surface area contributed by atoms with Crippen molar-refractivity contribution in [2.24, 2.45) is 0 Å². The molecular weight excluding hydrogens is 312 g/mol. The smallest absolute Gasteiger partial charge is 0.237 e. The molecule has 0 aromatic heterocycles. The zero-order valence-corrected chi connectivity index (χ0v) is 15.5. The summed E-state index contributed by atoms with van der Waals surface area (Å²) in [5.41, 5.74) is 2.53. The Bertz CT molecular complexity index is 531. The molecule has 3 rings (SSSR count). The minimum atomic E-state index is -0.00480. The summed E-state index contributed by atoms with van der Waals surface area (Å²) in [6.45, 7) is 10.6. The summed E-state index contributed by atoms with van der Waals surface area (Å²) in [5.74, 6) is 0.137. The van der Waals surface area contributed by atoms with E-state index in [2.05, 4.69) is 51.6 Å². The van der Waals surface area contributed by atoms with Crippen LogP contribution >= 0.6 is 0 Å². The molecule has 0 radical (unpaired) electrons. The molecular formula is C20H32N4O. The fourth-order valence-corrected chi connectivity index (χ4v) is 3.67. The number of carbonyl (C=O) groups is 1. The molecule has 0 bridgehead atoms. The Morgan fingerprint density at radius 2 is 1.76 bits per heavy atom. The zero-order valence-electron chi connectivity index (χ0n) is 15.5. The topological polar surface area (TPSA) is 47.6 Å². The van der Waals surface area contributed by atoms with Crippen molar-refractivity contribution in [1.82, 2.24) is 20.4 Å². The maximum atomic E-state index is 12.2. The molecule has 0 spiro atoms. The van der Waals surface area contributed by atoms with E-state index in [1.54, 1.807) is 0 Å². The van der Waals surface area contributed by atoms with E-state index in [-0.39, 0.29) is 11.9 Å². The Balaban J connectivity index is 1.42. The largest absolute Gasteiger partial charge is 0.351 e. The Morgan fingerprint density at radius 1 is 1.08 bits per heavy atom. The summed E-state index contributed by atoms with van der Waals surface area (Å²) in [6.07, 6.45) is 3.28. The van der Waals surface area contributed by atoms with Gasteiger partial charge in [-0.05, 0) is 37.1 Å². The normalized spacial score (nSPS) is 22.7. The van der Waals surface area contributed by atoms with E-state index in [4.69, 9.17) is 0 Å². The van der Waals surface area contributed by atoms with Crippen LogP contribution in [0.2, 0.25) is 0 Å². The van der Waals surface area contributed by atoms with Crippen LogP contribution in [0.5, 0.6) is 0 Å². The average Bonchev–Trinajstić information content (AvgIpc) is 2.68. The molecule has 2 N–H and O–H groups in total. The van der Waals surface area contributed by atoms with E-state index >= 15 is 0 Å². The molecule has 1 aromatic carbocycles. The van der Waals surface area contributed by atoms with Gasteiger partial charge in [0, 0.05) is 39.3 Å². The SMILES string of the molecule is CCN1CCN(Cc2ccc(CNC(=O)C3CCCCN3)cc2)CC1. The number of piperidine rings is 1. The number of benzene rings is 1. The zero-order chi connectivity index (χ0) is 17.5. The number of carbonyl (C=O) groups excluding carboxylic acids is 1. The number of nitrogens with zero attached hydrogens (tertiary/aromatic N) is 2. The summed E-state index contributed by atoms with van der Waals surface area (Å²) in [4.78, 5) is 17.2. The molecule has 0 aliphatic carbocycles. The molecule has 2 heterocycles. The molecule has 1 aromatic rings.